The highest BCUT2D eigenvalue weighted by Crippen LogP contribution is 2.50. The van der Waals surface area contributed by atoms with E-state index in [2.05, 4.69) is 38.1 Å². The minimum Gasteiger partial charge on any atom is -0.465 e. The van der Waals surface area contributed by atoms with Gasteiger partial charge in [0.05, 0.1) is 12.6 Å². The molecule has 1 aliphatic carbocycles. The molecular formula is C25H29NO3. The van der Waals surface area contributed by atoms with Crippen LogP contribution in [0, 0.1) is 17.3 Å². The Morgan fingerprint density at radius 3 is 2.62 bits per heavy atom. The summed E-state index contributed by atoms with van der Waals surface area (Å²) in [5, 5.41) is 2.22. The maximum atomic E-state index is 13.4. The van der Waals surface area contributed by atoms with E-state index < -0.39 is 5.92 Å². The molecular weight excluding hydrogens is 362 g/mol. The largest absolute Gasteiger partial charge is 0.465 e. The fraction of sp³-hybridized carbons (Fsp3) is 0.480. The third-order valence-corrected chi connectivity index (χ3v) is 6.49. The van der Waals surface area contributed by atoms with Gasteiger partial charge in [-0.3, -0.25) is 14.6 Å². The average Bonchev–Trinajstić information content (AvgIpc) is 2.65. The second-order valence-corrected chi connectivity index (χ2v) is 9.20. The van der Waals surface area contributed by atoms with Crippen molar-refractivity contribution in [3.8, 4) is 0 Å². The average molecular weight is 392 g/mol. The van der Waals surface area contributed by atoms with Crippen molar-refractivity contribution in [3.63, 3.8) is 0 Å². The van der Waals surface area contributed by atoms with E-state index >= 15 is 0 Å². The molecule has 2 aliphatic rings. The minimum absolute atomic E-state index is 0.0674. The first-order valence-electron chi connectivity index (χ1n) is 10.5. The third-order valence-electron chi connectivity index (χ3n) is 6.49. The van der Waals surface area contributed by atoms with Gasteiger partial charge in [-0.2, -0.15) is 0 Å². The Morgan fingerprint density at radius 1 is 1.14 bits per heavy atom. The van der Waals surface area contributed by atoms with Crippen LogP contribution in [0.5, 0.6) is 0 Å². The zero-order valence-electron chi connectivity index (χ0n) is 17.6. The molecule has 4 heteroatoms. The van der Waals surface area contributed by atoms with Crippen molar-refractivity contribution in [1.29, 1.82) is 0 Å². The second kappa shape index (κ2) is 7.40. The monoisotopic (exact) mass is 391 g/mol. The summed E-state index contributed by atoms with van der Waals surface area (Å²) in [6, 6.07) is 14.3. The first-order valence-corrected chi connectivity index (χ1v) is 10.5. The van der Waals surface area contributed by atoms with E-state index in [9.17, 15) is 9.59 Å². The van der Waals surface area contributed by atoms with Gasteiger partial charge < -0.3 is 4.74 Å². The van der Waals surface area contributed by atoms with Crippen LogP contribution in [-0.2, 0) is 14.3 Å². The van der Waals surface area contributed by atoms with Crippen LogP contribution >= 0.6 is 0 Å². The van der Waals surface area contributed by atoms with Crippen molar-refractivity contribution in [1.82, 2.24) is 0 Å². The number of carbonyl (C=O) groups excluding carboxylic acids is 2. The van der Waals surface area contributed by atoms with Crippen LogP contribution in [-0.4, -0.2) is 30.1 Å². The number of hydrogen-bond donors (Lipinski definition) is 0. The number of hydrogen-bond acceptors (Lipinski definition) is 4. The van der Waals surface area contributed by atoms with Crippen LogP contribution in [0.3, 0.4) is 0 Å². The summed E-state index contributed by atoms with van der Waals surface area (Å²) in [5.41, 5.74) is 1.77. The lowest BCUT2D eigenvalue weighted by Crippen LogP contribution is -2.50. The summed E-state index contributed by atoms with van der Waals surface area (Å²) in [6.07, 6.45) is 1.39. The summed E-state index contributed by atoms with van der Waals surface area (Å²) in [6.45, 7) is 8.33. The van der Waals surface area contributed by atoms with Crippen molar-refractivity contribution in [2.45, 2.75) is 52.5 Å². The molecule has 4 rings (SSSR count). The Balaban J connectivity index is 1.92. The molecule has 0 amide bonds. The van der Waals surface area contributed by atoms with E-state index in [1.807, 2.05) is 32.0 Å². The highest BCUT2D eigenvalue weighted by molar-refractivity contribution is 6.05. The normalized spacial score (nSPS) is 28.6. The molecule has 2 aromatic rings. The molecule has 152 valence electrons. The zero-order chi connectivity index (χ0) is 20.8. The fourth-order valence-electron chi connectivity index (χ4n) is 5.41. The lowest BCUT2D eigenvalue weighted by molar-refractivity contribution is -0.147. The number of carbonyl (C=O) groups is 2. The molecule has 0 spiro atoms. The van der Waals surface area contributed by atoms with Crippen LogP contribution in [0.1, 0.15) is 52.0 Å². The van der Waals surface area contributed by atoms with Crippen LogP contribution in [0.2, 0.25) is 0 Å². The number of ether oxygens (including phenoxy) is 1. The smallest absolute Gasteiger partial charge is 0.315 e. The van der Waals surface area contributed by atoms with Crippen LogP contribution in [0.25, 0.3) is 10.8 Å². The number of aliphatic imine (C=N–C) groups is 1. The van der Waals surface area contributed by atoms with E-state index in [-0.39, 0.29) is 35.0 Å². The molecule has 0 N–H and O–H groups in total. The summed E-state index contributed by atoms with van der Waals surface area (Å²) in [5.74, 6) is -1.11. The lowest BCUT2D eigenvalue weighted by atomic mass is 9.60. The zero-order valence-corrected chi connectivity index (χ0v) is 17.6. The molecule has 4 nitrogen and oxygen atoms in total. The Morgan fingerprint density at radius 2 is 1.86 bits per heavy atom. The molecule has 2 aromatic carbocycles. The van der Waals surface area contributed by atoms with Gasteiger partial charge in [0.1, 0.15) is 11.7 Å². The summed E-state index contributed by atoms with van der Waals surface area (Å²) in [7, 11) is 0. The van der Waals surface area contributed by atoms with E-state index in [0.29, 0.717) is 13.0 Å². The number of nitrogens with zero attached hydrogens (tertiary/aromatic N) is 1. The standard InChI is InChI=1S/C25H29NO3/c1-5-29-24(28)21-15(2)26-19-13-25(3,4)14-20(27)23(19)22(21)18-12-8-10-16-9-6-7-11-17(16)18/h6-12,19,21-23H,5,13-14H2,1-4H3/t19-,21-,22+,23+/m0/s1. The molecule has 4 atom stereocenters. The number of rotatable bonds is 3. The van der Waals surface area contributed by atoms with Crippen LogP contribution in [0.4, 0.5) is 0 Å². The number of Topliss-reactive ketones (excluding diaryl/α,β-unsaturated/α-hetero) is 1. The van der Waals surface area contributed by atoms with Crippen molar-refractivity contribution in [2.75, 3.05) is 6.61 Å². The van der Waals surface area contributed by atoms with Crippen molar-refractivity contribution < 1.29 is 14.3 Å². The van der Waals surface area contributed by atoms with Crippen LogP contribution in [0.15, 0.2) is 47.5 Å². The molecule has 0 radical (unpaired) electrons. The van der Waals surface area contributed by atoms with Gasteiger partial charge in [-0.1, -0.05) is 56.3 Å². The highest BCUT2D eigenvalue weighted by Gasteiger charge is 2.52. The third kappa shape index (κ3) is 3.50. The van der Waals surface area contributed by atoms with Crippen molar-refractivity contribution >= 4 is 28.2 Å². The predicted octanol–water partition coefficient (Wildman–Crippen LogP) is 4.95. The summed E-state index contributed by atoms with van der Waals surface area (Å²) in [4.78, 5) is 31.3. The van der Waals surface area contributed by atoms with Gasteiger partial charge in [0.25, 0.3) is 0 Å². The van der Waals surface area contributed by atoms with E-state index in [1.165, 1.54) is 0 Å². The van der Waals surface area contributed by atoms with Gasteiger partial charge >= 0.3 is 5.97 Å². The topological polar surface area (TPSA) is 55.7 Å². The Kier molecular flexibility index (Phi) is 5.05. The maximum Gasteiger partial charge on any atom is 0.315 e. The van der Waals surface area contributed by atoms with Gasteiger partial charge in [0.15, 0.2) is 0 Å². The molecule has 1 aliphatic heterocycles. The van der Waals surface area contributed by atoms with E-state index in [1.54, 1.807) is 0 Å². The molecule has 0 aromatic heterocycles. The van der Waals surface area contributed by atoms with Crippen LogP contribution < -0.4 is 0 Å². The van der Waals surface area contributed by atoms with Gasteiger partial charge in [-0.05, 0) is 42.0 Å². The Labute approximate surface area is 172 Å². The summed E-state index contributed by atoms with van der Waals surface area (Å²) < 4.78 is 5.44. The van der Waals surface area contributed by atoms with Crippen molar-refractivity contribution in [2.24, 2.45) is 22.2 Å². The van der Waals surface area contributed by atoms with E-state index in [0.717, 1.165) is 28.5 Å². The van der Waals surface area contributed by atoms with Gasteiger partial charge in [-0.15, -0.1) is 0 Å². The number of benzene rings is 2. The van der Waals surface area contributed by atoms with Crippen molar-refractivity contribution in [3.05, 3.63) is 48.0 Å². The fourth-order valence-corrected chi connectivity index (χ4v) is 5.41. The Bertz CT molecular complexity index is 985. The minimum atomic E-state index is -0.521. The first-order chi connectivity index (χ1) is 13.8. The maximum absolute atomic E-state index is 13.4. The van der Waals surface area contributed by atoms with Gasteiger partial charge in [0, 0.05) is 24.0 Å². The molecule has 29 heavy (non-hydrogen) atoms. The van der Waals surface area contributed by atoms with Gasteiger partial charge in [-0.25, -0.2) is 0 Å². The Hall–Kier alpha value is -2.49. The molecule has 1 fully saturated rings. The molecule has 1 heterocycles. The molecule has 1 saturated carbocycles. The first kappa shape index (κ1) is 19.8. The number of fused-ring (bicyclic) bond motifs is 2. The second-order valence-electron chi connectivity index (χ2n) is 9.20. The predicted molar refractivity (Wildman–Crippen MR) is 115 cm³/mol. The molecule has 0 bridgehead atoms. The quantitative estimate of drug-likeness (QED) is 0.696. The van der Waals surface area contributed by atoms with E-state index in [4.69, 9.17) is 9.73 Å². The summed E-state index contributed by atoms with van der Waals surface area (Å²) >= 11 is 0. The molecule has 0 saturated heterocycles. The lowest BCUT2D eigenvalue weighted by Gasteiger charge is -2.46. The number of esters is 1. The molecule has 0 unspecified atom stereocenters. The van der Waals surface area contributed by atoms with Gasteiger partial charge in [0.2, 0.25) is 0 Å². The highest BCUT2D eigenvalue weighted by atomic mass is 16.5. The SMILES string of the molecule is CCOC(=O)[C@H]1C(C)=N[C@H]2CC(C)(C)CC(=O)[C@@H]2[C@@H]1c1cccc2ccccc12. The number of ketones is 1.